The largest absolute Gasteiger partial charge is 0.494 e. The lowest BCUT2D eigenvalue weighted by Gasteiger charge is -2.09. The third-order valence-corrected chi connectivity index (χ3v) is 6.66. The number of esters is 3. The Morgan fingerprint density at radius 3 is 1.34 bits per heavy atom. The standard InChI is InChI=1S/C36H42O8/c1-3-5-6-7-10-25-40-30-17-13-28(14-18-30)35(38)43-32-21-23-33(24-22-32)44-36(39)29-15-19-31(20-16-29)41-26-11-8-9-12-27-42-34(37)4-2/h4,13-24H,2-3,5-12,25-27H2,1H3. The van der Waals surface area contributed by atoms with E-state index in [1.165, 1.54) is 19.3 Å². The molecule has 234 valence electrons. The Bertz CT molecular complexity index is 1300. The average molecular weight is 603 g/mol. The van der Waals surface area contributed by atoms with Gasteiger partial charge in [-0.2, -0.15) is 0 Å². The number of carbonyl (C=O) groups excluding carboxylic acids is 3. The van der Waals surface area contributed by atoms with Crippen molar-refractivity contribution in [3.8, 4) is 23.0 Å². The molecular formula is C36H42O8. The van der Waals surface area contributed by atoms with E-state index in [1.807, 2.05) is 0 Å². The van der Waals surface area contributed by atoms with E-state index in [4.69, 9.17) is 23.7 Å². The first-order valence-electron chi connectivity index (χ1n) is 15.3. The van der Waals surface area contributed by atoms with Gasteiger partial charge in [0.2, 0.25) is 0 Å². The van der Waals surface area contributed by atoms with Crippen LogP contribution in [-0.2, 0) is 9.53 Å². The molecule has 0 bridgehead atoms. The number of benzene rings is 3. The van der Waals surface area contributed by atoms with Crippen molar-refractivity contribution < 1.29 is 38.1 Å². The predicted octanol–water partition coefficient (Wildman–Crippen LogP) is 8.14. The Morgan fingerprint density at radius 2 is 0.932 bits per heavy atom. The second kappa shape index (κ2) is 19.6. The summed E-state index contributed by atoms with van der Waals surface area (Å²) in [4.78, 5) is 36.1. The van der Waals surface area contributed by atoms with Gasteiger partial charge in [-0.3, -0.25) is 0 Å². The fraction of sp³-hybridized carbons (Fsp3) is 0.361. The molecule has 0 aliphatic heterocycles. The highest BCUT2D eigenvalue weighted by Gasteiger charge is 2.12. The minimum absolute atomic E-state index is 0.325. The summed E-state index contributed by atoms with van der Waals surface area (Å²) in [5.74, 6) is 0.637. The average Bonchev–Trinajstić information content (AvgIpc) is 3.05. The van der Waals surface area contributed by atoms with Gasteiger partial charge in [0.1, 0.15) is 23.0 Å². The fourth-order valence-corrected chi connectivity index (χ4v) is 4.16. The minimum atomic E-state index is -0.512. The first kappa shape index (κ1) is 33.9. The molecular weight excluding hydrogens is 560 g/mol. The first-order valence-corrected chi connectivity index (χ1v) is 15.3. The molecule has 0 aliphatic rings. The van der Waals surface area contributed by atoms with Crippen molar-refractivity contribution in [1.82, 2.24) is 0 Å². The van der Waals surface area contributed by atoms with Gasteiger partial charge < -0.3 is 23.7 Å². The molecule has 0 saturated heterocycles. The number of carbonyl (C=O) groups is 3. The van der Waals surface area contributed by atoms with Gasteiger partial charge in [0.25, 0.3) is 0 Å². The van der Waals surface area contributed by atoms with E-state index in [-0.39, 0.29) is 0 Å². The van der Waals surface area contributed by atoms with Crippen LogP contribution in [0, 0.1) is 0 Å². The van der Waals surface area contributed by atoms with Crippen molar-refractivity contribution >= 4 is 17.9 Å². The maximum atomic E-state index is 12.6. The van der Waals surface area contributed by atoms with Crippen LogP contribution in [-0.4, -0.2) is 37.7 Å². The highest BCUT2D eigenvalue weighted by Crippen LogP contribution is 2.22. The third-order valence-electron chi connectivity index (χ3n) is 6.66. The van der Waals surface area contributed by atoms with Crippen molar-refractivity contribution in [3.63, 3.8) is 0 Å². The van der Waals surface area contributed by atoms with Gasteiger partial charge in [0, 0.05) is 6.08 Å². The Kier molecular flexibility index (Phi) is 15.1. The smallest absolute Gasteiger partial charge is 0.343 e. The predicted molar refractivity (Wildman–Crippen MR) is 169 cm³/mol. The summed E-state index contributed by atoms with van der Waals surface area (Å²) in [6.45, 7) is 7.15. The van der Waals surface area contributed by atoms with Crippen molar-refractivity contribution in [3.05, 3.63) is 96.6 Å². The lowest BCUT2D eigenvalue weighted by molar-refractivity contribution is -0.137. The Labute approximate surface area is 259 Å². The van der Waals surface area contributed by atoms with Crippen LogP contribution in [0.2, 0.25) is 0 Å². The van der Waals surface area contributed by atoms with Crippen molar-refractivity contribution in [2.45, 2.75) is 64.7 Å². The summed E-state index contributed by atoms with van der Waals surface area (Å²) in [5, 5.41) is 0. The summed E-state index contributed by atoms with van der Waals surface area (Å²) >= 11 is 0. The number of hydrogen-bond donors (Lipinski definition) is 0. The number of rotatable bonds is 20. The first-order chi connectivity index (χ1) is 21.5. The zero-order valence-corrected chi connectivity index (χ0v) is 25.5. The highest BCUT2D eigenvalue weighted by molar-refractivity contribution is 5.92. The molecule has 8 nitrogen and oxygen atoms in total. The highest BCUT2D eigenvalue weighted by atomic mass is 16.5. The van der Waals surface area contributed by atoms with E-state index in [2.05, 4.69) is 13.5 Å². The second-order valence-electron chi connectivity index (χ2n) is 10.2. The van der Waals surface area contributed by atoms with Crippen LogP contribution in [0.25, 0.3) is 0 Å². The van der Waals surface area contributed by atoms with Gasteiger partial charge in [0.05, 0.1) is 30.9 Å². The van der Waals surface area contributed by atoms with E-state index < -0.39 is 17.9 Å². The number of hydrogen-bond acceptors (Lipinski definition) is 8. The van der Waals surface area contributed by atoms with Crippen LogP contribution >= 0.6 is 0 Å². The van der Waals surface area contributed by atoms with Crippen molar-refractivity contribution in [1.29, 1.82) is 0 Å². The lowest BCUT2D eigenvalue weighted by Crippen LogP contribution is -2.09. The quantitative estimate of drug-likeness (QED) is 0.0553. The molecule has 0 atom stereocenters. The second-order valence-corrected chi connectivity index (χ2v) is 10.2. The molecule has 3 aromatic carbocycles. The van der Waals surface area contributed by atoms with Crippen LogP contribution < -0.4 is 18.9 Å². The molecule has 8 heteroatoms. The van der Waals surface area contributed by atoms with Gasteiger partial charge in [-0.1, -0.05) is 39.2 Å². The maximum Gasteiger partial charge on any atom is 0.343 e. The molecule has 3 aromatic rings. The van der Waals surface area contributed by atoms with E-state index in [9.17, 15) is 14.4 Å². The molecule has 3 rings (SSSR count). The molecule has 0 radical (unpaired) electrons. The van der Waals surface area contributed by atoms with Gasteiger partial charge in [-0.25, -0.2) is 14.4 Å². The topological polar surface area (TPSA) is 97.4 Å². The number of unbranched alkanes of at least 4 members (excludes halogenated alkanes) is 7. The normalized spacial score (nSPS) is 10.5. The van der Waals surface area contributed by atoms with E-state index in [0.29, 0.717) is 48.2 Å². The van der Waals surface area contributed by atoms with E-state index in [1.54, 1.807) is 72.8 Å². The molecule has 0 amide bonds. The molecule has 0 unspecified atom stereocenters. The molecule has 0 N–H and O–H groups in total. The third kappa shape index (κ3) is 12.7. The van der Waals surface area contributed by atoms with Gasteiger partial charge in [-0.15, -0.1) is 0 Å². The van der Waals surface area contributed by atoms with Crippen molar-refractivity contribution in [2.24, 2.45) is 0 Å². The van der Waals surface area contributed by atoms with E-state index >= 15 is 0 Å². The SMILES string of the molecule is C=CC(=O)OCCCCCCOc1ccc(C(=O)Oc2ccc(OC(=O)c3ccc(OCCCCCCC)cc3)cc2)cc1. The van der Waals surface area contributed by atoms with Gasteiger partial charge in [0.15, 0.2) is 0 Å². The molecule has 0 aliphatic carbocycles. The van der Waals surface area contributed by atoms with Crippen LogP contribution in [0.4, 0.5) is 0 Å². The van der Waals surface area contributed by atoms with Crippen LogP contribution in [0.1, 0.15) is 85.4 Å². The summed E-state index contributed by atoms with van der Waals surface area (Å²) in [5.41, 5.74) is 0.790. The zero-order valence-electron chi connectivity index (χ0n) is 25.5. The van der Waals surface area contributed by atoms with Crippen LogP contribution in [0.3, 0.4) is 0 Å². The fourth-order valence-electron chi connectivity index (χ4n) is 4.16. The van der Waals surface area contributed by atoms with E-state index in [0.717, 1.165) is 50.4 Å². The summed E-state index contributed by atoms with van der Waals surface area (Å²) in [7, 11) is 0. The Hall–Kier alpha value is -4.59. The summed E-state index contributed by atoms with van der Waals surface area (Å²) < 4.78 is 27.3. The Balaban J connectivity index is 1.35. The summed E-state index contributed by atoms with van der Waals surface area (Å²) in [6.07, 6.45) is 10.6. The maximum absolute atomic E-state index is 12.6. The summed E-state index contributed by atoms with van der Waals surface area (Å²) in [6, 6.07) is 19.9. The van der Waals surface area contributed by atoms with Crippen LogP contribution in [0.15, 0.2) is 85.5 Å². The monoisotopic (exact) mass is 602 g/mol. The van der Waals surface area contributed by atoms with Crippen LogP contribution in [0.5, 0.6) is 23.0 Å². The molecule has 0 saturated carbocycles. The van der Waals surface area contributed by atoms with Crippen molar-refractivity contribution in [2.75, 3.05) is 19.8 Å². The minimum Gasteiger partial charge on any atom is -0.494 e. The Morgan fingerprint density at radius 1 is 0.545 bits per heavy atom. The zero-order chi connectivity index (χ0) is 31.4. The molecule has 0 fully saturated rings. The molecule has 0 heterocycles. The van der Waals surface area contributed by atoms with Gasteiger partial charge >= 0.3 is 17.9 Å². The number of ether oxygens (including phenoxy) is 5. The molecule has 0 spiro atoms. The molecule has 44 heavy (non-hydrogen) atoms. The van der Waals surface area contributed by atoms with Gasteiger partial charge in [-0.05, 0) is 105 Å². The molecule has 0 aromatic heterocycles. The lowest BCUT2D eigenvalue weighted by atomic mass is 10.2.